The van der Waals surface area contributed by atoms with E-state index in [9.17, 15) is 4.79 Å². The molecule has 0 radical (unpaired) electrons. The Kier molecular flexibility index (Phi) is 5.70. The molecule has 35 heavy (non-hydrogen) atoms. The van der Waals surface area contributed by atoms with Crippen molar-refractivity contribution in [2.75, 3.05) is 5.32 Å². The van der Waals surface area contributed by atoms with Gasteiger partial charge in [0.05, 0.1) is 10.2 Å². The van der Waals surface area contributed by atoms with Gasteiger partial charge in [0.15, 0.2) is 0 Å². The van der Waals surface area contributed by atoms with Gasteiger partial charge in [-0.3, -0.25) is 4.79 Å². The Morgan fingerprint density at radius 3 is 2.34 bits per heavy atom. The van der Waals surface area contributed by atoms with Crippen LogP contribution in [0.25, 0.3) is 20.8 Å². The molecule has 182 valence electrons. The monoisotopic (exact) mass is 503 g/mol. The van der Waals surface area contributed by atoms with Crippen LogP contribution in [0.5, 0.6) is 0 Å². The second kappa shape index (κ2) is 8.26. The quantitative estimate of drug-likeness (QED) is 0.301. The molecule has 0 saturated carbocycles. The topological polar surface area (TPSA) is 54.0 Å². The van der Waals surface area contributed by atoms with Crippen LogP contribution in [0.3, 0.4) is 0 Å². The number of carbonyl (C=O) groups is 1. The van der Waals surface area contributed by atoms with E-state index < -0.39 is 0 Å². The minimum absolute atomic E-state index is 0.0488. The predicted molar refractivity (Wildman–Crippen MR) is 150 cm³/mol. The minimum atomic E-state index is -0.204. The molecule has 0 bridgehead atoms. The van der Waals surface area contributed by atoms with E-state index in [4.69, 9.17) is 4.98 Å². The van der Waals surface area contributed by atoms with Crippen LogP contribution in [-0.2, 0) is 17.4 Å². The fourth-order valence-electron chi connectivity index (χ4n) is 5.12. The Bertz CT molecular complexity index is 1390. The van der Waals surface area contributed by atoms with Crippen LogP contribution in [0.1, 0.15) is 74.8 Å². The molecule has 2 N–H and O–H groups in total. The van der Waals surface area contributed by atoms with Gasteiger partial charge >= 0.3 is 0 Å². The van der Waals surface area contributed by atoms with Crippen LogP contribution in [-0.4, -0.2) is 16.4 Å². The van der Waals surface area contributed by atoms with Crippen molar-refractivity contribution in [2.45, 2.75) is 71.4 Å². The highest BCUT2D eigenvalue weighted by molar-refractivity contribution is 7.23. The number of hydrogen-bond acceptors (Lipinski definition) is 5. The first-order valence-corrected chi connectivity index (χ1v) is 13.7. The maximum Gasteiger partial charge on any atom is 0.256 e. The van der Waals surface area contributed by atoms with Crippen molar-refractivity contribution < 1.29 is 4.79 Å². The molecule has 2 aromatic carbocycles. The molecule has 1 amide bonds. The standard InChI is InChI=1S/C29H33N3OS2/c1-27(2,3)18-14-12-17(13-15-18)24(33)31-26-22(25-30-20-10-8-9-11-21(20)34-25)19-16-28(4,5)32-29(6,7)23(19)35-26/h8-15,32H,16H2,1-7H3,(H,31,33). The number of hydrogen-bond donors (Lipinski definition) is 2. The predicted octanol–water partition coefficient (Wildman–Crippen LogP) is 7.73. The summed E-state index contributed by atoms with van der Waals surface area (Å²) in [4.78, 5) is 19.7. The fraction of sp³-hybridized carbons (Fsp3) is 0.379. The number of fused-ring (bicyclic) bond motifs is 2. The van der Waals surface area contributed by atoms with Gasteiger partial charge in [-0.15, -0.1) is 22.7 Å². The van der Waals surface area contributed by atoms with E-state index in [2.05, 4.69) is 83.4 Å². The lowest BCUT2D eigenvalue weighted by atomic mass is 9.81. The molecule has 0 unspecified atom stereocenters. The highest BCUT2D eigenvalue weighted by Crippen LogP contribution is 2.50. The minimum Gasteiger partial charge on any atom is -0.313 e. The molecule has 0 aliphatic carbocycles. The molecule has 1 aliphatic rings. The highest BCUT2D eigenvalue weighted by Gasteiger charge is 2.41. The number of anilines is 1. The Morgan fingerprint density at radius 2 is 1.69 bits per heavy atom. The van der Waals surface area contributed by atoms with Crippen LogP contribution in [0.2, 0.25) is 0 Å². The van der Waals surface area contributed by atoms with E-state index in [0.29, 0.717) is 5.56 Å². The van der Waals surface area contributed by atoms with Gasteiger partial charge in [0.25, 0.3) is 5.91 Å². The maximum atomic E-state index is 13.4. The summed E-state index contributed by atoms with van der Waals surface area (Å²) in [5.41, 5.74) is 5.03. The van der Waals surface area contributed by atoms with Crippen LogP contribution in [0, 0.1) is 0 Å². The lowest BCUT2D eigenvalue weighted by molar-refractivity contribution is 0.102. The molecule has 4 aromatic rings. The van der Waals surface area contributed by atoms with Crippen molar-refractivity contribution in [1.29, 1.82) is 0 Å². The Morgan fingerprint density at radius 1 is 1.00 bits per heavy atom. The SMILES string of the molecule is CC1(C)Cc2c(sc(NC(=O)c3ccc(C(C)(C)C)cc3)c2-c2nc3ccccc3s2)C(C)(C)N1. The molecule has 0 fully saturated rings. The van der Waals surface area contributed by atoms with Crippen molar-refractivity contribution in [3.63, 3.8) is 0 Å². The Hall–Kier alpha value is -2.54. The second-order valence-electron chi connectivity index (χ2n) is 11.7. The number of amides is 1. The van der Waals surface area contributed by atoms with Crippen molar-refractivity contribution in [2.24, 2.45) is 0 Å². The maximum absolute atomic E-state index is 13.4. The number of carbonyl (C=O) groups excluding carboxylic acids is 1. The van der Waals surface area contributed by atoms with Gasteiger partial charge in [-0.1, -0.05) is 45.0 Å². The molecule has 2 aromatic heterocycles. The molecule has 0 saturated heterocycles. The smallest absolute Gasteiger partial charge is 0.256 e. The molecular weight excluding hydrogens is 470 g/mol. The zero-order valence-electron chi connectivity index (χ0n) is 21.5. The summed E-state index contributed by atoms with van der Waals surface area (Å²) in [6, 6.07) is 16.2. The number of para-hydroxylation sites is 1. The number of benzene rings is 2. The van der Waals surface area contributed by atoms with Crippen LogP contribution >= 0.6 is 22.7 Å². The van der Waals surface area contributed by atoms with E-state index in [1.54, 1.807) is 22.7 Å². The molecule has 5 rings (SSSR count). The summed E-state index contributed by atoms with van der Waals surface area (Å²) in [6.07, 6.45) is 0.879. The third-order valence-corrected chi connectivity index (χ3v) is 9.12. The average molecular weight is 504 g/mol. The van der Waals surface area contributed by atoms with Crippen molar-refractivity contribution in [1.82, 2.24) is 10.3 Å². The zero-order chi connectivity index (χ0) is 25.2. The van der Waals surface area contributed by atoms with E-state index in [1.165, 1.54) is 16.0 Å². The number of thiophene rings is 1. The normalized spacial score (nSPS) is 16.8. The largest absolute Gasteiger partial charge is 0.313 e. The molecule has 3 heterocycles. The molecule has 0 atom stereocenters. The van der Waals surface area contributed by atoms with Gasteiger partial charge in [-0.25, -0.2) is 4.98 Å². The Labute approximate surface area is 215 Å². The lowest BCUT2D eigenvalue weighted by Crippen LogP contribution is -2.54. The third kappa shape index (κ3) is 4.55. The number of nitrogens with zero attached hydrogens (tertiary/aromatic N) is 1. The third-order valence-electron chi connectivity index (χ3n) is 6.59. The Balaban J connectivity index is 1.60. The molecule has 1 aliphatic heterocycles. The van der Waals surface area contributed by atoms with Crippen molar-refractivity contribution >= 4 is 43.8 Å². The first-order valence-electron chi connectivity index (χ1n) is 12.1. The van der Waals surface area contributed by atoms with E-state index in [0.717, 1.165) is 32.2 Å². The van der Waals surface area contributed by atoms with Gasteiger partial charge in [-0.2, -0.15) is 0 Å². The van der Waals surface area contributed by atoms with Gasteiger partial charge in [0.1, 0.15) is 10.0 Å². The van der Waals surface area contributed by atoms with Gasteiger partial charge < -0.3 is 10.6 Å². The number of nitrogens with one attached hydrogen (secondary N) is 2. The first kappa shape index (κ1) is 24.2. The number of thiazole rings is 1. The van der Waals surface area contributed by atoms with Crippen LogP contribution in [0.4, 0.5) is 5.00 Å². The molecular formula is C29H33N3OS2. The summed E-state index contributed by atoms with van der Waals surface area (Å²) in [5, 5.41) is 8.91. The number of aromatic nitrogens is 1. The lowest BCUT2D eigenvalue weighted by Gasteiger charge is -2.42. The van der Waals surface area contributed by atoms with Gasteiger partial charge in [-0.05, 0) is 74.9 Å². The number of rotatable bonds is 3. The fourth-order valence-corrected chi connectivity index (χ4v) is 7.50. The molecule has 6 heteroatoms. The second-order valence-corrected chi connectivity index (χ2v) is 13.7. The average Bonchev–Trinajstić information content (AvgIpc) is 3.33. The first-order chi connectivity index (χ1) is 16.3. The summed E-state index contributed by atoms with van der Waals surface area (Å²) in [5.74, 6) is -0.0866. The summed E-state index contributed by atoms with van der Waals surface area (Å²) in [7, 11) is 0. The van der Waals surface area contributed by atoms with Gasteiger partial charge in [0, 0.05) is 27.1 Å². The van der Waals surface area contributed by atoms with Gasteiger partial charge in [0.2, 0.25) is 0 Å². The zero-order valence-corrected chi connectivity index (χ0v) is 23.1. The highest BCUT2D eigenvalue weighted by atomic mass is 32.1. The van der Waals surface area contributed by atoms with Crippen molar-refractivity contribution in [3.05, 3.63) is 70.1 Å². The van der Waals surface area contributed by atoms with Crippen LogP contribution in [0.15, 0.2) is 48.5 Å². The van der Waals surface area contributed by atoms with E-state index in [-0.39, 0.29) is 22.4 Å². The summed E-state index contributed by atoms with van der Waals surface area (Å²) >= 11 is 3.37. The summed E-state index contributed by atoms with van der Waals surface area (Å²) < 4.78 is 1.16. The van der Waals surface area contributed by atoms with E-state index >= 15 is 0 Å². The molecule has 0 spiro atoms. The molecule has 4 nitrogen and oxygen atoms in total. The van der Waals surface area contributed by atoms with E-state index in [1.807, 2.05) is 24.3 Å². The van der Waals surface area contributed by atoms with Crippen molar-refractivity contribution in [3.8, 4) is 10.6 Å². The van der Waals surface area contributed by atoms with Crippen LogP contribution < -0.4 is 10.6 Å². The summed E-state index contributed by atoms with van der Waals surface area (Å²) in [6.45, 7) is 15.5.